The van der Waals surface area contributed by atoms with E-state index in [0.29, 0.717) is 32.7 Å². The van der Waals surface area contributed by atoms with Crippen LogP contribution in [-0.4, -0.2) is 32.1 Å². The van der Waals surface area contributed by atoms with E-state index in [4.69, 9.17) is 16.2 Å². The maximum atomic E-state index is 11.9. The van der Waals surface area contributed by atoms with Crippen LogP contribution in [-0.2, 0) is 9.53 Å². The molecule has 4 nitrogen and oxygen atoms in total. The van der Waals surface area contributed by atoms with E-state index in [1.807, 2.05) is 0 Å². The number of carbonyl (C=O) groups is 1. The largest absolute Gasteiger partial charge is 0.381 e. The van der Waals surface area contributed by atoms with Gasteiger partial charge in [0.1, 0.15) is 5.78 Å². The Morgan fingerprint density at radius 1 is 1.29 bits per heavy atom. The van der Waals surface area contributed by atoms with Crippen LogP contribution in [0.1, 0.15) is 25.7 Å². The molecule has 0 spiro atoms. The number of ether oxygens (including phenoxy) is 1. The molecule has 4 heteroatoms. The molecule has 0 radical (unpaired) electrons. The van der Waals surface area contributed by atoms with Crippen molar-refractivity contribution in [2.45, 2.75) is 25.7 Å². The first-order valence-electron chi connectivity index (χ1n) is 5.26. The van der Waals surface area contributed by atoms with Crippen LogP contribution in [0.3, 0.4) is 0 Å². The predicted molar refractivity (Wildman–Crippen MR) is 54.8 cm³/mol. The van der Waals surface area contributed by atoms with Gasteiger partial charge in [-0.05, 0) is 25.8 Å². The molecule has 0 atom stereocenters. The van der Waals surface area contributed by atoms with Crippen LogP contribution >= 0.6 is 0 Å². The van der Waals surface area contributed by atoms with Gasteiger partial charge in [0.25, 0.3) is 0 Å². The Balaban J connectivity index is 2.53. The number of nitrogens with two attached hydrogens (primary N) is 2. The van der Waals surface area contributed by atoms with Crippen molar-refractivity contribution in [3.63, 3.8) is 0 Å². The predicted octanol–water partition coefficient (Wildman–Crippen LogP) is 0.0499. The highest BCUT2D eigenvalue weighted by Gasteiger charge is 2.37. The molecule has 1 saturated heterocycles. The second-order valence-electron chi connectivity index (χ2n) is 3.91. The molecule has 1 rings (SSSR count). The summed E-state index contributed by atoms with van der Waals surface area (Å²) >= 11 is 0. The molecule has 0 aromatic heterocycles. The fourth-order valence-electron chi connectivity index (χ4n) is 1.89. The summed E-state index contributed by atoms with van der Waals surface area (Å²) in [5, 5.41) is 0. The van der Waals surface area contributed by atoms with E-state index in [-0.39, 0.29) is 11.2 Å². The summed E-state index contributed by atoms with van der Waals surface area (Å²) in [5.41, 5.74) is 10.8. The quantitative estimate of drug-likeness (QED) is 0.657. The van der Waals surface area contributed by atoms with E-state index >= 15 is 0 Å². The standard InChI is InChI=1S/C10H20N2O2/c11-5-1-2-9(13)10(8-12)3-6-14-7-4-10/h1-8,11-12H2. The summed E-state index contributed by atoms with van der Waals surface area (Å²) in [6.07, 6.45) is 2.87. The molecular weight excluding hydrogens is 180 g/mol. The zero-order chi connectivity index (χ0) is 10.4. The molecule has 1 fully saturated rings. The minimum absolute atomic E-state index is 0.272. The van der Waals surface area contributed by atoms with Crippen LogP contribution in [0, 0.1) is 5.41 Å². The molecular formula is C10H20N2O2. The fourth-order valence-corrected chi connectivity index (χ4v) is 1.89. The smallest absolute Gasteiger partial charge is 0.140 e. The first-order valence-corrected chi connectivity index (χ1v) is 5.26. The Morgan fingerprint density at radius 2 is 1.93 bits per heavy atom. The van der Waals surface area contributed by atoms with Crippen LogP contribution in [0.25, 0.3) is 0 Å². The molecule has 14 heavy (non-hydrogen) atoms. The van der Waals surface area contributed by atoms with E-state index in [1.54, 1.807) is 0 Å². The molecule has 1 heterocycles. The van der Waals surface area contributed by atoms with E-state index in [9.17, 15) is 4.79 Å². The molecule has 0 aromatic carbocycles. The van der Waals surface area contributed by atoms with Crippen molar-refractivity contribution in [1.29, 1.82) is 0 Å². The van der Waals surface area contributed by atoms with Gasteiger partial charge in [0, 0.05) is 31.6 Å². The minimum atomic E-state index is -0.312. The SMILES string of the molecule is NCCCC(=O)C1(CN)CCOCC1. The van der Waals surface area contributed by atoms with Gasteiger partial charge < -0.3 is 16.2 Å². The van der Waals surface area contributed by atoms with Gasteiger partial charge in [0.05, 0.1) is 0 Å². The second kappa shape index (κ2) is 5.44. The van der Waals surface area contributed by atoms with Crippen LogP contribution in [0.15, 0.2) is 0 Å². The van der Waals surface area contributed by atoms with Gasteiger partial charge in [-0.3, -0.25) is 4.79 Å². The van der Waals surface area contributed by atoms with Crippen molar-refractivity contribution < 1.29 is 9.53 Å². The Bertz CT molecular complexity index is 189. The van der Waals surface area contributed by atoms with Crippen LogP contribution in [0.2, 0.25) is 0 Å². The van der Waals surface area contributed by atoms with E-state index in [1.165, 1.54) is 0 Å². The van der Waals surface area contributed by atoms with Crippen LogP contribution in [0.4, 0.5) is 0 Å². The number of ketones is 1. The van der Waals surface area contributed by atoms with Crippen molar-refractivity contribution in [2.24, 2.45) is 16.9 Å². The lowest BCUT2D eigenvalue weighted by Gasteiger charge is -2.34. The Morgan fingerprint density at radius 3 is 2.43 bits per heavy atom. The van der Waals surface area contributed by atoms with Gasteiger partial charge in [-0.2, -0.15) is 0 Å². The van der Waals surface area contributed by atoms with Gasteiger partial charge in [0.15, 0.2) is 0 Å². The molecule has 4 N–H and O–H groups in total. The zero-order valence-corrected chi connectivity index (χ0v) is 8.63. The van der Waals surface area contributed by atoms with E-state index < -0.39 is 0 Å². The summed E-state index contributed by atoms with van der Waals surface area (Å²) in [7, 11) is 0. The van der Waals surface area contributed by atoms with Crippen LogP contribution < -0.4 is 11.5 Å². The van der Waals surface area contributed by atoms with Crippen molar-refractivity contribution in [2.75, 3.05) is 26.3 Å². The monoisotopic (exact) mass is 200 g/mol. The van der Waals surface area contributed by atoms with Gasteiger partial charge >= 0.3 is 0 Å². The molecule has 82 valence electrons. The number of hydrogen-bond acceptors (Lipinski definition) is 4. The lowest BCUT2D eigenvalue weighted by molar-refractivity contribution is -0.133. The first-order chi connectivity index (χ1) is 6.75. The highest BCUT2D eigenvalue weighted by atomic mass is 16.5. The third kappa shape index (κ3) is 2.53. The molecule has 0 aromatic rings. The van der Waals surface area contributed by atoms with Crippen molar-refractivity contribution >= 4 is 5.78 Å². The van der Waals surface area contributed by atoms with Gasteiger partial charge in [-0.15, -0.1) is 0 Å². The van der Waals surface area contributed by atoms with Crippen molar-refractivity contribution in [3.05, 3.63) is 0 Å². The summed E-state index contributed by atoms with van der Waals surface area (Å²) in [4.78, 5) is 11.9. The van der Waals surface area contributed by atoms with E-state index in [0.717, 1.165) is 19.3 Å². The molecule has 1 aliphatic rings. The number of hydrogen-bond donors (Lipinski definition) is 2. The summed E-state index contributed by atoms with van der Waals surface area (Å²) < 4.78 is 5.25. The van der Waals surface area contributed by atoms with Gasteiger partial charge in [-0.25, -0.2) is 0 Å². The number of Topliss-reactive ketones (excluding diaryl/α,β-unsaturated/α-hetero) is 1. The molecule has 0 bridgehead atoms. The number of carbonyl (C=O) groups excluding carboxylic acids is 1. The first kappa shape index (κ1) is 11.6. The maximum absolute atomic E-state index is 11.9. The molecule has 0 aliphatic carbocycles. The highest BCUT2D eigenvalue weighted by molar-refractivity contribution is 5.85. The van der Waals surface area contributed by atoms with Crippen molar-refractivity contribution in [3.8, 4) is 0 Å². The third-order valence-corrected chi connectivity index (χ3v) is 3.04. The van der Waals surface area contributed by atoms with Gasteiger partial charge in [-0.1, -0.05) is 0 Å². The highest BCUT2D eigenvalue weighted by Crippen LogP contribution is 2.31. The average Bonchev–Trinajstić information content (AvgIpc) is 2.26. The minimum Gasteiger partial charge on any atom is -0.381 e. The Labute approximate surface area is 85.0 Å². The third-order valence-electron chi connectivity index (χ3n) is 3.04. The molecule has 0 saturated carbocycles. The maximum Gasteiger partial charge on any atom is 0.140 e. The van der Waals surface area contributed by atoms with E-state index in [2.05, 4.69) is 0 Å². The number of rotatable bonds is 5. The normalized spacial score (nSPS) is 20.7. The van der Waals surface area contributed by atoms with Gasteiger partial charge in [0.2, 0.25) is 0 Å². The summed E-state index contributed by atoms with van der Waals surface area (Å²) in [6.45, 7) is 2.33. The topological polar surface area (TPSA) is 78.3 Å². The van der Waals surface area contributed by atoms with Crippen LogP contribution in [0.5, 0.6) is 0 Å². The molecule has 0 amide bonds. The summed E-state index contributed by atoms with van der Waals surface area (Å²) in [5.74, 6) is 0.272. The fraction of sp³-hybridized carbons (Fsp3) is 0.900. The second-order valence-corrected chi connectivity index (χ2v) is 3.91. The lowest BCUT2D eigenvalue weighted by Crippen LogP contribution is -2.43. The Kier molecular flexibility index (Phi) is 4.51. The average molecular weight is 200 g/mol. The summed E-state index contributed by atoms with van der Waals surface area (Å²) in [6, 6.07) is 0. The molecule has 0 unspecified atom stereocenters. The zero-order valence-electron chi connectivity index (χ0n) is 8.63. The van der Waals surface area contributed by atoms with Crippen molar-refractivity contribution in [1.82, 2.24) is 0 Å². The molecule has 1 aliphatic heterocycles. The Hall–Kier alpha value is -0.450. The lowest BCUT2D eigenvalue weighted by atomic mass is 9.75.